The first-order chi connectivity index (χ1) is 17.8. The number of H-pyrrole nitrogens is 2. The first-order valence-corrected chi connectivity index (χ1v) is 13.2. The Balaban J connectivity index is 0.00000210. The fourth-order valence-corrected chi connectivity index (χ4v) is 5.90. The molecule has 6 nitrogen and oxygen atoms in total. The molecule has 5 rings (SSSR count). The number of fused-ring (bicyclic) bond motifs is 8. The Bertz CT molecular complexity index is 1630. The van der Waals surface area contributed by atoms with Gasteiger partial charge in [-0.1, -0.05) is 32.9 Å². The van der Waals surface area contributed by atoms with E-state index in [0.717, 1.165) is 79.9 Å². The van der Waals surface area contributed by atoms with Crippen molar-refractivity contribution in [2.45, 2.75) is 72.6 Å². The van der Waals surface area contributed by atoms with Gasteiger partial charge >= 0.3 is 51.4 Å². The van der Waals surface area contributed by atoms with Crippen molar-refractivity contribution in [2.75, 3.05) is 0 Å². The molecule has 5 heterocycles. The molecule has 0 saturated carbocycles. The van der Waals surface area contributed by atoms with Crippen LogP contribution in [0.1, 0.15) is 96.0 Å². The molecule has 0 unspecified atom stereocenters. The van der Waals surface area contributed by atoms with E-state index >= 15 is 0 Å². The third-order valence-electron chi connectivity index (χ3n) is 8.23. The van der Waals surface area contributed by atoms with Crippen LogP contribution in [0.4, 0.5) is 0 Å². The Morgan fingerprint density at radius 3 is 2.33 bits per heavy atom. The van der Waals surface area contributed by atoms with Crippen LogP contribution in [0.2, 0.25) is 0 Å². The minimum absolute atomic E-state index is 0. The summed E-state index contributed by atoms with van der Waals surface area (Å²) in [5.74, 6) is 0.325. The van der Waals surface area contributed by atoms with Crippen LogP contribution >= 0.6 is 0 Å². The molecule has 0 aromatic carbocycles. The van der Waals surface area contributed by atoms with Gasteiger partial charge in [0.05, 0.1) is 11.4 Å². The summed E-state index contributed by atoms with van der Waals surface area (Å²) < 4.78 is 0. The average Bonchev–Trinajstić information content (AvgIpc) is 3.57. The molecule has 198 valence electrons. The second-order valence-corrected chi connectivity index (χ2v) is 10.4. The predicted octanol–water partition coefficient (Wildman–Crippen LogP) is 4.61. The molecule has 2 aliphatic rings. The molecule has 0 saturated heterocycles. The summed E-state index contributed by atoms with van der Waals surface area (Å²) in [6.45, 7) is 17.0. The number of carbonyl (C=O) groups excluding carboxylic acids is 1. The fraction of sp³-hybridized carbons (Fsp3) is 0.344. The number of aromatic nitrogens is 4. The summed E-state index contributed by atoms with van der Waals surface area (Å²) in [4.78, 5) is 28.7. The molecular weight excluding hydrogens is 511 g/mol. The molecule has 39 heavy (non-hydrogen) atoms. The molecule has 3 aromatic rings. The van der Waals surface area contributed by atoms with Gasteiger partial charge in [0, 0.05) is 50.9 Å². The predicted molar refractivity (Wildman–Crippen MR) is 156 cm³/mol. The zero-order valence-electron chi connectivity index (χ0n) is 24.1. The maximum Gasteiger partial charge on any atom is 1.00 e. The molecule has 3 aromatic heterocycles. The first kappa shape index (κ1) is 31.4. The first-order valence-electron chi connectivity index (χ1n) is 13.2. The van der Waals surface area contributed by atoms with E-state index in [-0.39, 0.29) is 68.7 Å². The number of hydrogen-bond acceptors (Lipinski definition) is 4. The van der Waals surface area contributed by atoms with Gasteiger partial charge < -0.3 is 20.2 Å². The van der Waals surface area contributed by atoms with Crippen molar-refractivity contribution in [3.63, 3.8) is 0 Å². The maximum absolute atomic E-state index is 11.2. The molecule has 2 atom stereocenters. The largest absolute Gasteiger partial charge is 1.00 e. The van der Waals surface area contributed by atoms with Crippen LogP contribution in [0.3, 0.4) is 0 Å². The Kier molecular flexibility index (Phi) is 10.1. The third kappa shape index (κ3) is 5.58. The molecule has 7 heteroatoms. The van der Waals surface area contributed by atoms with E-state index in [1.807, 2.05) is 6.08 Å². The average molecular weight is 548 g/mol. The van der Waals surface area contributed by atoms with Crippen molar-refractivity contribution in [2.24, 2.45) is 0 Å². The maximum atomic E-state index is 11.2. The van der Waals surface area contributed by atoms with Gasteiger partial charge in [-0.15, -0.1) is 0 Å². The number of nitrogens with one attached hydrogen (secondary N) is 2. The van der Waals surface area contributed by atoms with Crippen LogP contribution in [-0.2, 0) is 11.2 Å². The monoisotopic (exact) mass is 547 g/mol. The molecule has 2 aliphatic heterocycles. The molecular formula is C32H36KN4O2-. The van der Waals surface area contributed by atoms with Crippen LogP contribution in [0.15, 0.2) is 24.8 Å². The molecule has 8 bridgehead atoms. The zero-order valence-corrected chi connectivity index (χ0v) is 27.2. The molecule has 0 radical (unpaired) electrons. The zero-order chi connectivity index (χ0) is 26.4. The fourth-order valence-electron chi connectivity index (χ4n) is 5.90. The van der Waals surface area contributed by atoms with Gasteiger partial charge in [-0.2, -0.15) is 6.42 Å². The molecule has 0 amide bonds. The van der Waals surface area contributed by atoms with Crippen LogP contribution in [-0.4, -0.2) is 31.7 Å². The van der Waals surface area contributed by atoms with Crippen molar-refractivity contribution >= 4 is 46.1 Å². The molecule has 3 N–H and O–H groups in total. The van der Waals surface area contributed by atoms with Gasteiger partial charge in [0.15, 0.2) is 0 Å². The standard InChI is InChI=1S/C32H35N4O.K.H2O/c1-8-22-19(5)28-16-31-23(9-2)18(4)27(34-31)15-29-20(6)24(11-10-12-37)32(36-29)21(7)26-13-17(3)25(33-26)14-30(22)35-28;;/h9,13-16,20,24,34-35H,2,8,10-11H2,1,3-7H3;;1H2/q-1;+1;/p-1/t20-,24-;;/m0../s1. The number of aryl methyl sites for hydroxylation is 3. The van der Waals surface area contributed by atoms with E-state index in [2.05, 4.69) is 88.7 Å². The number of rotatable bonds is 5. The van der Waals surface area contributed by atoms with E-state index in [0.29, 0.717) is 6.42 Å². The Morgan fingerprint density at radius 1 is 0.974 bits per heavy atom. The van der Waals surface area contributed by atoms with E-state index < -0.39 is 0 Å². The number of aromatic amines is 2. The topological polar surface area (TPSA) is 104 Å². The number of hydrogen-bond donors (Lipinski definition) is 2. The van der Waals surface area contributed by atoms with Gasteiger partial charge in [0.25, 0.3) is 0 Å². The smallest absolute Gasteiger partial charge is 0.870 e. The molecule has 0 aliphatic carbocycles. The molecule has 0 spiro atoms. The number of allylic oxidation sites excluding steroid dienone is 1. The third-order valence-corrected chi connectivity index (χ3v) is 8.23. The van der Waals surface area contributed by atoms with E-state index in [1.54, 1.807) is 0 Å². The quantitative estimate of drug-likeness (QED) is 0.360. The summed E-state index contributed by atoms with van der Waals surface area (Å²) in [5, 5.41) is 0. The van der Waals surface area contributed by atoms with Crippen LogP contribution in [0, 0.1) is 20.8 Å². The normalized spacial score (nSPS) is 16.2. The van der Waals surface area contributed by atoms with E-state index in [9.17, 15) is 4.79 Å². The minimum Gasteiger partial charge on any atom is -0.870 e. The summed E-state index contributed by atoms with van der Waals surface area (Å²) >= 11 is 0. The summed E-state index contributed by atoms with van der Waals surface area (Å²) in [6.07, 6.45) is 8.22. The van der Waals surface area contributed by atoms with Crippen molar-refractivity contribution in [1.82, 2.24) is 19.9 Å². The van der Waals surface area contributed by atoms with Crippen molar-refractivity contribution in [1.29, 1.82) is 0 Å². The van der Waals surface area contributed by atoms with Gasteiger partial charge in [-0.25, -0.2) is 4.98 Å². The minimum atomic E-state index is 0. The van der Waals surface area contributed by atoms with Crippen molar-refractivity contribution in [3.8, 4) is 0 Å². The van der Waals surface area contributed by atoms with Gasteiger partial charge in [0.2, 0.25) is 0 Å². The van der Waals surface area contributed by atoms with Crippen LogP contribution in [0.5, 0.6) is 0 Å². The van der Waals surface area contributed by atoms with E-state index in [4.69, 9.17) is 9.97 Å². The summed E-state index contributed by atoms with van der Waals surface area (Å²) in [6, 6.07) is 6.53. The Morgan fingerprint density at radius 2 is 1.67 bits per heavy atom. The Labute approximate surface area is 273 Å². The van der Waals surface area contributed by atoms with Gasteiger partial charge in [-0.3, -0.25) is 11.3 Å². The Hall–Kier alpha value is -2.13. The second kappa shape index (κ2) is 12.6. The summed E-state index contributed by atoms with van der Waals surface area (Å²) in [5.41, 5.74) is 15.2. The van der Waals surface area contributed by atoms with Crippen molar-refractivity contribution in [3.05, 3.63) is 75.4 Å². The summed E-state index contributed by atoms with van der Waals surface area (Å²) in [7, 11) is 0. The second-order valence-electron chi connectivity index (χ2n) is 10.4. The van der Waals surface area contributed by atoms with E-state index in [1.165, 1.54) is 11.1 Å². The molecule has 0 fully saturated rings. The SMILES string of the molecule is C=Cc1c(C)c2cc3nc(c(C)c4nc(cc5[nH]c(cc1[nH]2)c(C)c5CC)C(C)=C4)[C@@H](CC[C-]=O)[C@@H]3C.[K+].[OH-]. The van der Waals surface area contributed by atoms with Crippen LogP contribution in [0.25, 0.3) is 39.8 Å². The van der Waals surface area contributed by atoms with Gasteiger partial charge in [-0.05, 0) is 86.2 Å². The van der Waals surface area contributed by atoms with Gasteiger partial charge in [0.1, 0.15) is 0 Å². The van der Waals surface area contributed by atoms with Crippen LogP contribution < -0.4 is 51.4 Å². The number of nitrogens with zero attached hydrogens (tertiary/aromatic N) is 2. The van der Waals surface area contributed by atoms with Crippen molar-refractivity contribution < 1.29 is 61.7 Å².